The molecule has 1 aliphatic rings. The van der Waals surface area contributed by atoms with Crippen molar-refractivity contribution in [3.05, 3.63) is 24.3 Å². The molecule has 1 saturated carbocycles. The van der Waals surface area contributed by atoms with E-state index in [-0.39, 0.29) is 6.61 Å². The lowest BCUT2D eigenvalue weighted by molar-refractivity contribution is 0.169. The van der Waals surface area contributed by atoms with Gasteiger partial charge in [0.25, 0.3) is 0 Å². The van der Waals surface area contributed by atoms with E-state index in [0.717, 1.165) is 5.69 Å². The van der Waals surface area contributed by atoms with Crippen molar-refractivity contribution in [1.82, 2.24) is 15.3 Å². The maximum atomic E-state index is 9.39. The van der Waals surface area contributed by atoms with Gasteiger partial charge in [0.15, 0.2) is 0 Å². The molecule has 1 unspecified atom stereocenters. The third kappa shape index (κ3) is 1.91. The average molecular weight is 193 g/mol. The number of nitrogens with zero attached hydrogens (tertiary/aromatic N) is 2. The van der Waals surface area contributed by atoms with E-state index in [1.165, 1.54) is 12.8 Å². The Bertz CT molecular complexity index is 299. The van der Waals surface area contributed by atoms with Crippen molar-refractivity contribution >= 4 is 0 Å². The molecule has 0 amide bonds. The van der Waals surface area contributed by atoms with Gasteiger partial charge in [0.05, 0.1) is 24.0 Å². The van der Waals surface area contributed by atoms with E-state index >= 15 is 0 Å². The van der Waals surface area contributed by atoms with Crippen LogP contribution < -0.4 is 5.32 Å². The first-order valence-electron chi connectivity index (χ1n) is 4.90. The fourth-order valence-corrected chi connectivity index (χ4v) is 1.46. The van der Waals surface area contributed by atoms with Crippen molar-refractivity contribution in [2.24, 2.45) is 0 Å². The maximum absolute atomic E-state index is 9.39. The third-order valence-corrected chi connectivity index (χ3v) is 2.54. The molecule has 0 saturated heterocycles. The predicted molar refractivity (Wildman–Crippen MR) is 52.6 cm³/mol. The number of rotatable bonds is 4. The number of aliphatic hydroxyl groups excluding tert-OH is 1. The van der Waals surface area contributed by atoms with Gasteiger partial charge in [-0.3, -0.25) is 9.97 Å². The van der Waals surface area contributed by atoms with Gasteiger partial charge in [0.1, 0.15) is 0 Å². The van der Waals surface area contributed by atoms with Crippen molar-refractivity contribution in [2.45, 2.75) is 31.3 Å². The minimum absolute atomic E-state index is 0.0438. The van der Waals surface area contributed by atoms with Gasteiger partial charge in [0, 0.05) is 18.4 Å². The van der Waals surface area contributed by atoms with Crippen LogP contribution in [0.25, 0.3) is 0 Å². The molecule has 4 nitrogen and oxygen atoms in total. The molecule has 1 aliphatic carbocycles. The number of hydrogen-bond donors (Lipinski definition) is 2. The number of nitrogens with one attached hydrogen (secondary N) is 1. The Morgan fingerprint density at radius 3 is 2.86 bits per heavy atom. The van der Waals surface area contributed by atoms with E-state index in [0.29, 0.717) is 6.04 Å². The zero-order valence-corrected chi connectivity index (χ0v) is 8.27. The summed E-state index contributed by atoms with van der Waals surface area (Å²) in [6.45, 7) is 2.00. The quantitative estimate of drug-likeness (QED) is 0.728. The minimum atomic E-state index is -0.449. The van der Waals surface area contributed by atoms with E-state index in [9.17, 15) is 5.11 Å². The molecule has 76 valence electrons. The van der Waals surface area contributed by atoms with Crippen LogP contribution in [0.5, 0.6) is 0 Å². The Labute approximate surface area is 83.4 Å². The molecule has 1 aromatic heterocycles. The molecule has 1 heterocycles. The highest BCUT2D eigenvalue weighted by atomic mass is 16.3. The second-order valence-electron chi connectivity index (χ2n) is 4.00. The zero-order valence-electron chi connectivity index (χ0n) is 8.27. The molecule has 14 heavy (non-hydrogen) atoms. The summed E-state index contributed by atoms with van der Waals surface area (Å²) in [7, 11) is 0. The highest BCUT2D eigenvalue weighted by Crippen LogP contribution is 2.26. The summed E-state index contributed by atoms with van der Waals surface area (Å²) in [6, 6.07) is 0.536. The van der Waals surface area contributed by atoms with Crippen molar-refractivity contribution < 1.29 is 5.11 Å². The third-order valence-electron chi connectivity index (χ3n) is 2.54. The Kier molecular flexibility index (Phi) is 2.48. The van der Waals surface area contributed by atoms with Crippen LogP contribution in [0.2, 0.25) is 0 Å². The fraction of sp³-hybridized carbons (Fsp3) is 0.600. The van der Waals surface area contributed by atoms with Gasteiger partial charge in [0.2, 0.25) is 0 Å². The van der Waals surface area contributed by atoms with E-state index < -0.39 is 5.54 Å². The first-order chi connectivity index (χ1) is 6.74. The summed E-state index contributed by atoms with van der Waals surface area (Å²) in [4.78, 5) is 8.23. The molecule has 0 spiro atoms. The topological polar surface area (TPSA) is 58.0 Å². The molecule has 0 aliphatic heterocycles. The van der Waals surface area contributed by atoms with Gasteiger partial charge in [-0.05, 0) is 19.8 Å². The molecular weight excluding hydrogens is 178 g/mol. The van der Waals surface area contributed by atoms with E-state index in [4.69, 9.17) is 0 Å². The highest BCUT2D eigenvalue weighted by Gasteiger charge is 2.34. The molecule has 1 atom stereocenters. The molecule has 2 N–H and O–H groups in total. The Hall–Kier alpha value is -1.00. The summed E-state index contributed by atoms with van der Waals surface area (Å²) >= 11 is 0. The number of aromatic nitrogens is 2. The zero-order chi connectivity index (χ0) is 10.0. The lowest BCUT2D eigenvalue weighted by Gasteiger charge is -2.27. The van der Waals surface area contributed by atoms with Crippen LogP contribution in [0.15, 0.2) is 18.6 Å². The van der Waals surface area contributed by atoms with Crippen LogP contribution in [0, 0.1) is 0 Å². The van der Waals surface area contributed by atoms with Gasteiger partial charge in [-0.1, -0.05) is 0 Å². The maximum Gasteiger partial charge on any atom is 0.0831 e. The Balaban J connectivity index is 2.17. The van der Waals surface area contributed by atoms with Crippen LogP contribution in [-0.2, 0) is 5.54 Å². The summed E-state index contributed by atoms with van der Waals surface area (Å²) in [5.41, 5.74) is 0.351. The van der Waals surface area contributed by atoms with Crippen molar-refractivity contribution in [2.75, 3.05) is 6.61 Å². The predicted octanol–water partition coefficient (Wildman–Crippen LogP) is 0.436. The molecule has 1 fully saturated rings. The highest BCUT2D eigenvalue weighted by molar-refractivity contribution is 5.11. The average Bonchev–Trinajstić information content (AvgIpc) is 3.03. The molecule has 1 aromatic rings. The van der Waals surface area contributed by atoms with Crippen molar-refractivity contribution in [1.29, 1.82) is 0 Å². The normalized spacial score (nSPS) is 20.4. The second kappa shape index (κ2) is 3.63. The van der Waals surface area contributed by atoms with Crippen molar-refractivity contribution in [3.63, 3.8) is 0 Å². The van der Waals surface area contributed by atoms with Crippen LogP contribution in [0.4, 0.5) is 0 Å². The minimum Gasteiger partial charge on any atom is -0.394 e. The summed E-state index contributed by atoms with van der Waals surface area (Å²) in [5, 5.41) is 12.8. The van der Waals surface area contributed by atoms with Gasteiger partial charge in [-0.25, -0.2) is 0 Å². The standard InChI is InChI=1S/C10H15N3O/c1-10(7-14,13-8-2-3-8)9-6-11-4-5-12-9/h4-6,8,13-14H,2-3,7H2,1H3. The molecular formula is C10H15N3O. The van der Waals surface area contributed by atoms with Crippen LogP contribution >= 0.6 is 0 Å². The van der Waals surface area contributed by atoms with E-state index in [1.807, 2.05) is 6.92 Å². The van der Waals surface area contributed by atoms with Crippen molar-refractivity contribution in [3.8, 4) is 0 Å². The SMILES string of the molecule is CC(CO)(NC1CC1)c1cnccn1. The number of aliphatic hydroxyl groups is 1. The lowest BCUT2D eigenvalue weighted by atomic mass is 9.99. The second-order valence-corrected chi connectivity index (χ2v) is 4.00. The summed E-state index contributed by atoms with van der Waals surface area (Å²) in [6.07, 6.45) is 7.37. The molecule has 0 aromatic carbocycles. The summed E-state index contributed by atoms with van der Waals surface area (Å²) < 4.78 is 0. The summed E-state index contributed by atoms with van der Waals surface area (Å²) in [5.74, 6) is 0. The molecule has 2 rings (SSSR count). The van der Waals surface area contributed by atoms with Crippen LogP contribution in [-0.4, -0.2) is 27.7 Å². The largest absolute Gasteiger partial charge is 0.394 e. The van der Waals surface area contributed by atoms with Crippen LogP contribution in [0.3, 0.4) is 0 Å². The van der Waals surface area contributed by atoms with Gasteiger partial charge < -0.3 is 10.4 Å². The lowest BCUT2D eigenvalue weighted by Crippen LogP contribution is -2.44. The molecule has 0 radical (unpaired) electrons. The Morgan fingerprint density at radius 1 is 1.57 bits per heavy atom. The first-order valence-corrected chi connectivity index (χ1v) is 4.90. The monoisotopic (exact) mass is 193 g/mol. The van der Waals surface area contributed by atoms with Gasteiger partial charge in [-0.2, -0.15) is 0 Å². The first kappa shape index (κ1) is 9.55. The molecule has 4 heteroatoms. The van der Waals surface area contributed by atoms with Crippen LogP contribution in [0.1, 0.15) is 25.5 Å². The van der Waals surface area contributed by atoms with Gasteiger partial charge in [-0.15, -0.1) is 0 Å². The molecule has 0 bridgehead atoms. The Morgan fingerprint density at radius 2 is 2.36 bits per heavy atom. The smallest absolute Gasteiger partial charge is 0.0831 e. The van der Waals surface area contributed by atoms with Gasteiger partial charge >= 0.3 is 0 Å². The number of hydrogen-bond acceptors (Lipinski definition) is 4. The van der Waals surface area contributed by atoms with E-state index in [1.54, 1.807) is 18.6 Å². The fourth-order valence-electron chi connectivity index (χ4n) is 1.46. The van der Waals surface area contributed by atoms with E-state index in [2.05, 4.69) is 15.3 Å².